The van der Waals surface area contributed by atoms with Crippen molar-refractivity contribution in [3.05, 3.63) is 0 Å². The molecular weight excluding hydrogens is 166 g/mol. The fraction of sp³-hybridized carbons (Fsp3) is 1.00. The molecule has 0 bridgehead atoms. The van der Waals surface area contributed by atoms with Crippen LogP contribution in [0.25, 0.3) is 0 Å². The van der Waals surface area contributed by atoms with Gasteiger partial charge in [0.25, 0.3) is 0 Å². The van der Waals surface area contributed by atoms with Crippen LogP contribution in [0.2, 0.25) is 0 Å². The number of hydrogen-bond donors (Lipinski definition) is 2. The Kier molecular flexibility index (Phi) is 8.40. The molecule has 0 saturated carbocycles. The molecule has 0 aromatic heterocycles. The van der Waals surface area contributed by atoms with E-state index in [4.69, 9.17) is 9.84 Å². The summed E-state index contributed by atoms with van der Waals surface area (Å²) in [5.74, 6) is 0. The fourth-order valence-electron chi connectivity index (χ4n) is 1.23. The molecule has 0 amide bonds. The van der Waals surface area contributed by atoms with E-state index in [0.717, 1.165) is 13.0 Å². The van der Waals surface area contributed by atoms with E-state index in [1.165, 1.54) is 12.8 Å². The number of unbranched alkanes of at least 4 members (excludes halogenated alkanes) is 1. The average Bonchev–Trinajstić information content (AvgIpc) is 2.09. The molecule has 0 radical (unpaired) electrons. The van der Waals surface area contributed by atoms with Crippen LogP contribution in [0, 0.1) is 0 Å². The van der Waals surface area contributed by atoms with Crippen molar-refractivity contribution >= 4 is 0 Å². The van der Waals surface area contributed by atoms with Crippen molar-refractivity contribution in [1.29, 1.82) is 0 Å². The van der Waals surface area contributed by atoms with Gasteiger partial charge in [-0.05, 0) is 13.3 Å². The van der Waals surface area contributed by atoms with E-state index in [1.54, 1.807) is 14.0 Å². The number of aliphatic hydroxyl groups excluding tert-OH is 1. The van der Waals surface area contributed by atoms with E-state index in [-0.39, 0.29) is 6.10 Å². The first-order valence-corrected chi connectivity index (χ1v) is 5.11. The zero-order chi connectivity index (χ0) is 10.1. The van der Waals surface area contributed by atoms with E-state index in [1.807, 2.05) is 0 Å². The van der Waals surface area contributed by atoms with Crippen molar-refractivity contribution in [2.24, 2.45) is 0 Å². The molecule has 0 aliphatic carbocycles. The first-order chi connectivity index (χ1) is 6.20. The Morgan fingerprint density at radius 1 is 1.46 bits per heavy atom. The molecule has 0 saturated heterocycles. The zero-order valence-electron chi connectivity index (χ0n) is 9.05. The average molecular weight is 189 g/mol. The molecule has 0 aromatic carbocycles. The van der Waals surface area contributed by atoms with E-state index < -0.39 is 0 Å². The molecular formula is C10H23NO2. The van der Waals surface area contributed by atoms with E-state index in [9.17, 15) is 0 Å². The predicted octanol–water partition coefficient (Wildman–Crippen LogP) is 1.16. The molecule has 0 rings (SSSR count). The van der Waals surface area contributed by atoms with Gasteiger partial charge in [0.05, 0.1) is 12.7 Å². The molecule has 80 valence electrons. The molecule has 2 N–H and O–H groups in total. The smallest absolute Gasteiger partial charge is 0.0636 e. The standard InChI is InChI=1S/C10H23NO2/c1-4-5-6-10(8-13-3)11-7-9(2)12/h9-12H,4-8H2,1-3H3/t9-,10?/m1/s1. The van der Waals surface area contributed by atoms with Gasteiger partial charge in [-0.2, -0.15) is 0 Å². The topological polar surface area (TPSA) is 41.5 Å². The number of rotatable bonds is 8. The van der Waals surface area contributed by atoms with Crippen LogP contribution in [0.15, 0.2) is 0 Å². The predicted molar refractivity (Wildman–Crippen MR) is 54.9 cm³/mol. The molecule has 3 heteroatoms. The van der Waals surface area contributed by atoms with Crippen LogP contribution in [0.5, 0.6) is 0 Å². The Balaban J connectivity index is 3.53. The largest absolute Gasteiger partial charge is 0.392 e. The lowest BCUT2D eigenvalue weighted by molar-refractivity contribution is 0.141. The van der Waals surface area contributed by atoms with Crippen molar-refractivity contribution in [2.45, 2.75) is 45.3 Å². The summed E-state index contributed by atoms with van der Waals surface area (Å²) in [6.45, 7) is 5.35. The summed E-state index contributed by atoms with van der Waals surface area (Å²) in [4.78, 5) is 0. The lowest BCUT2D eigenvalue weighted by Crippen LogP contribution is -2.37. The van der Waals surface area contributed by atoms with Crippen molar-refractivity contribution in [3.63, 3.8) is 0 Å². The third-order valence-electron chi connectivity index (χ3n) is 1.98. The molecule has 13 heavy (non-hydrogen) atoms. The van der Waals surface area contributed by atoms with Gasteiger partial charge in [-0.3, -0.25) is 0 Å². The number of aliphatic hydroxyl groups is 1. The van der Waals surface area contributed by atoms with Gasteiger partial charge in [0, 0.05) is 19.7 Å². The second-order valence-electron chi connectivity index (χ2n) is 3.55. The van der Waals surface area contributed by atoms with Gasteiger partial charge in [-0.15, -0.1) is 0 Å². The maximum absolute atomic E-state index is 9.09. The van der Waals surface area contributed by atoms with E-state index >= 15 is 0 Å². The number of methoxy groups -OCH3 is 1. The monoisotopic (exact) mass is 189 g/mol. The summed E-state index contributed by atoms with van der Waals surface area (Å²) in [6, 6.07) is 0.388. The van der Waals surface area contributed by atoms with Crippen molar-refractivity contribution in [1.82, 2.24) is 5.32 Å². The van der Waals surface area contributed by atoms with Crippen LogP contribution in [0.1, 0.15) is 33.1 Å². The van der Waals surface area contributed by atoms with E-state index in [0.29, 0.717) is 12.6 Å². The van der Waals surface area contributed by atoms with Crippen LogP contribution < -0.4 is 5.32 Å². The summed E-state index contributed by atoms with van der Waals surface area (Å²) in [6.07, 6.45) is 3.26. The molecule has 3 nitrogen and oxygen atoms in total. The quantitative estimate of drug-likeness (QED) is 0.602. The highest BCUT2D eigenvalue weighted by atomic mass is 16.5. The summed E-state index contributed by atoms with van der Waals surface area (Å²) < 4.78 is 5.09. The summed E-state index contributed by atoms with van der Waals surface area (Å²) in [7, 11) is 1.71. The Morgan fingerprint density at radius 2 is 2.15 bits per heavy atom. The van der Waals surface area contributed by atoms with Crippen molar-refractivity contribution in [2.75, 3.05) is 20.3 Å². The first-order valence-electron chi connectivity index (χ1n) is 5.11. The summed E-state index contributed by atoms with van der Waals surface area (Å²) in [5.41, 5.74) is 0. The van der Waals surface area contributed by atoms with Crippen LogP contribution >= 0.6 is 0 Å². The number of nitrogens with one attached hydrogen (secondary N) is 1. The van der Waals surface area contributed by atoms with E-state index in [2.05, 4.69) is 12.2 Å². The van der Waals surface area contributed by atoms with Gasteiger partial charge in [-0.25, -0.2) is 0 Å². The normalized spacial score (nSPS) is 15.7. The lowest BCUT2D eigenvalue weighted by atomic mass is 10.1. The summed E-state index contributed by atoms with van der Waals surface area (Å²) in [5, 5.41) is 12.4. The zero-order valence-corrected chi connectivity index (χ0v) is 9.05. The van der Waals surface area contributed by atoms with Gasteiger partial charge in [0.2, 0.25) is 0 Å². The van der Waals surface area contributed by atoms with Gasteiger partial charge >= 0.3 is 0 Å². The Bertz CT molecular complexity index is 107. The van der Waals surface area contributed by atoms with Crippen LogP contribution in [-0.2, 0) is 4.74 Å². The van der Waals surface area contributed by atoms with Crippen molar-refractivity contribution in [3.8, 4) is 0 Å². The molecule has 1 unspecified atom stereocenters. The minimum atomic E-state index is -0.277. The maximum atomic E-state index is 9.09. The van der Waals surface area contributed by atoms with Gasteiger partial charge < -0.3 is 15.2 Å². The number of ether oxygens (including phenoxy) is 1. The molecule has 0 aliphatic rings. The van der Waals surface area contributed by atoms with Gasteiger partial charge in [-0.1, -0.05) is 19.8 Å². The highest BCUT2D eigenvalue weighted by Crippen LogP contribution is 2.00. The fourth-order valence-corrected chi connectivity index (χ4v) is 1.23. The van der Waals surface area contributed by atoms with Crippen LogP contribution in [0.3, 0.4) is 0 Å². The molecule has 0 aromatic rings. The highest BCUT2D eigenvalue weighted by Gasteiger charge is 2.07. The first kappa shape index (κ1) is 12.9. The number of hydrogen-bond acceptors (Lipinski definition) is 3. The Hall–Kier alpha value is -0.120. The van der Waals surface area contributed by atoms with Crippen molar-refractivity contribution < 1.29 is 9.84 Å². The summed E-state index contributed by atoms with van der Waals surface area (Å²) >= 11 is 0. The van der Waals surface area contributed by atoms with Gasteiger partial charge in [0.1, 0.15) is 0 Å². The molecule has 0 aliphatic heterocycles. The third-order valence-corrected chi connectivity index (χ3v) is 1.98. The Labute approximate surface area is 81.5 Å². The SMILES string of the molecule is CCCCC(COC)NC[C@@H](C)O. The minimum absolute atomic E-state index is 0.277. The molecule has 2 atom stereocenters. The second-order valence-corrected chi connectivity index (χ2v) is 3.55. The molecule has 0 spiro atoms. The highest BCUT2D eigenvalue weighted by molar-refractivity contribution is 4.67. The van der Waals surface area contributed by atoms with Crippen LogP contribution in [0.4, 0.5) is 0 Å². The molecule has 0 heterocycles. The van der Waals surface area contributed by atoms with Gasteiger partial charge in [0.15, 0.2) is 0 Å². The molecule has 0 fully saturated rings. The third kappa shape index (κ3) is 8.22. The second kappa shape index (κ2) is 8.48. The van der Waals surface area contributed by atoms with Crippen LogP contribution in [-0.4, -0.2) is 37.5 Å². The lowest BCUT2D eigenvalue weighted by Gasteiger charge is -2.18. The Morgan fingerprint density at radius 3 is 2.62 bits per heavy atom. The minimum Gasteiger partial charge on any atom is -0.392 e. The maximum Gasteiger partial charge on any atom is 0.0636 e.